The second-order valence-corrected chi connectivity index (χ2v) is 8.23. The lowest BCUT2D eigenvalue weighted by Gasteiger charge is -2.44. The third-order valence-electron chi connectivity index (χ3n) is 7.10. The molecule has 0 spiro atoms. The normalized spacial score (nSPS) is 31.2. The van der Waals surface area contributed by atoms with Crippen LogP contribution in [0.3, 0.4) is 0 Å². The van der Waals surface area contributed by atoms with Crippen molar-refractivity contribution in [3.63, 3.8) is 0 Å². The van der Waals surface area contributed by atoms with E-state index in [0.29, 0.717) is 23.3 Å². The molecule has 0 aromatic heterocycles. The Kier molecular flexibility index (Phi) is 3.59. The van der Waals surface area contributed by atoms with Crippen LogP contribution in [-0.4, -0.2) is 11.1 Å². The van der Waals surface area contributed by atoms with Gasteiger partial charge in [-0.3, -0.25) is 0 Å². The number of nitrogens with one attached hydrogen (secondary N) is 1. The number of para-hydroxylation sites is 1. The second-order valence-electron chi connectivity index (χ2n) is 8.23. The Hall–Kier alpha value is -2.29. The highest BCUT2D eigenvalue weighted by atomic mass is 16.4. The van der Waals surface area contributed by atoms with Gasteiger partial charge in [-0.15, -0.1) is 0 Å². The Bertz CT molecular complexity index is 857. The number of aryl methyl sites for hydroxylation is 1. The van der Waals surface area contributed by atoms with Crippen molar-refractivity contribution in [3.05, 3.63) is 64.7 Å². The Balaban J connectivity index is 1.64. The summed E-state index contributed by atoms with van der Waals surface area (Å²) in [7, 11) is 0. The molecular weight excluding hydrogens is 322 g/mol. The van der Waals surface area contributed by atoms with Gasteiger partial charge in [-0.25, -0.2) is 4.79 Å². The highest BCUT2D eigenvalue weighted by Crippen LogP contribution is 2.63. The predicted octanol–water partition coefficient (Wildman–Crippen LogP) is 5.24. The molecule has 3 aliphatic rings. The molecule has 2 saturated carbocycles. The summed E-state index contributed by atoms with van der Waals surface area (Å²) in [4.78, 5) is 11.8. The van der Waals surface area contributed by atoms with Crippen molar-refractivity contribution in [1.82, 2.24) is 0 Å². The zero-order valence-electron chi connectivity index (χ0n) is 15.1. The van der Waals surface area contributed by atoms with Crippen molar-refractivity contribution < 1.29 is 9.90 Å². The molecule has 1 aliphatic heterocycles. The molecule has 2 aromatic rings. The average Bonchev–Trinajstić information content (AvgIpc) is 3.29. The van der Waals surface area contributed by atoms with Crippen molar-refractivity contribution >= 4 is 11.7 Å². The van der Waals surface area contributed by atoms with Gasteiger partial charge >= 0.3 is 5.97 Å². The smallest absolute Gasteiger partial charge is 0.337 e. The Labute approximate surface area is 154 Å². The van der Waals surface area contributed by atoms with Crippen LogP contribution in [0.5, 0.6) is 0 Å². The van der Waals surface area contributed by atoms with Gasteiger partial charge in [0.1, 0.15) is 0 Å². The molecule has 2 fully saturated rings. The van der Waals surface area contributed by atoms with E-state index in [1.807, 2.05) is 6.07 Å². The summed E-state index contributed by atoms with van der Waals surface area (Å²) in [6, 6.07) is 15.0. The topological polar surface area (TPSA) is 49.3 Å². The van der Waals surface area contributed by atoms with E-state index < -0.39 is 5.97 Å². The number of anilines is 1. The maximum absolute atomic E-state index is 11.8. The van der Waals surface area contributed by atoms with E-state index in [-0.39, 0.29) is 6.04 Å². The first-order valence-electron chi connectivity index (χ1n) is 9.89. The summed E-state index contributed by atoms with van der Waals surface area (Å²) < 4.78 is 0. The highest BCUT2D eigenvalue weighted by molar-refractivity contribution is 5.95. The summed E-state index contributed by atoms with van der Waals surface area (Å²) in [6.07, 6.45) is 4.97. The summed E-state index contributed by atoms with van der Waals surface area (Å²) >= 11 is 0. The lowest BCUT2D eigenvalue weighted by atomic mass is 9.67. The minimum absolute atomic E-state index is 0.217. The van der Waals surface area contributed by atoms with Crippen molar-refractivity contribution in [2.24, 2.45) is 17.8 Å². The molecule has 5 rings (SSSR count). The SMILES string of the molecule is CCc1ccc([C@H]2Nc3c(C(=O)O)cccc3[C@H]3[C@H]4CC[C@@H](C4)[C@H]32)cc1. The maximum Gasteiger partial charge on any atom is 0.337 e. The molecule has 0 saturated heterocycles. The van der Waals surface area contributed by atoms with Crippen LogP contribution in [-0.2, 0) is 6.42 Å². The summed E-state index contributed by atoms with van der Waals surface area (Å²) in [5.41, 5.74) is 5.16. The molecule has 0 radical (unpaired) electrons. The van der Waals surface area contributed by atoms with E-state index in [4.69, 9.17) is 0 Å². The number of hydrogen-bond acceptors (Lipinski definition) is 2. The molecule has 1 heterocycles. The van der Waals surface area contributed by atoms with Crippen LogP contribution in [0.25, 0.3) is 0 Å². The second kappa shape index (κ2) is 5.87. The van der Waals surface area contributed by atoms with Crippen LogP contribution >= 0.6 is 0 Å². The van der Waals surface area contributed by atoms with E-state index >= 15 is 0 Å². The van der Waals surface area contributed by atoms with Crippen molar-refractivity contribution in [3.8, 4) is 0 Å². The standard InChI is InChI=1S/C23H25NO2/c1-2-13-6-8-14(9-7-13)21-20-16-11-10-15(12-16)19(20)17-4-3-5-18(23(25)26)22(17)24-21/h3-9,15-16,19-21,24H,2,10-12H2,1H3,(H,25,26)/t15-,16-,19+,20+,21+/m0/s1. The minimum Gasteiger partial charge on any atom is -0.478 e. The number of fused-ring (bicyclic) bond motifs is 7. The largest absolute Gasteiger partial charge is 0.478 e. The molecule has 0 unspecified atom stereocenters. The van der Waals surface area contributed by atoms with Gasteiger partial charge in [0.15, 0.2) is 0 Å². The molecule has 134 valence electrons. The van der Waals surface area contributed by atoms with E-state index in [0.717, 1.165) is 18.0 Å². The lowest BCUT2D eigenvalue weighted by molar-refractivity contribution is 0.0697. The van der Waals surface area contributed by atoms with Crippen molar-refractivity contribution in [1.29, 1.82) is 0 Å². The monoisotopic (exact) mass is 347 g/mol. The van der Waals surface area contributed by atoms with E-state index in [1.165, 1.54) is 36.0 Å². The Morgan fingerprint density at radius 3 is 2.62 bits per heavy atom. The number of benzene rings is 2. The zero-order valence-corrected chi connectivity index (χ0v) is 15.1. The fraction of sp³-hybridized carbons (Fsp3) is 0.435. The van der Waals surface area contributed by atoms with Gasteiger partial charge in [-0.1, -0.05) is 43.3 Å². The number of rotatable bonds is 3. The molecule has 5 atom stereocenters. The lowest BCUT2D eigenvalue weighted by Crippen LogP contribution is -2.36. The number of aromatic carboxylic acids is 1. The molecule has 2 bridgehead atoms. The van der Waals surface area contributed by atoms with Gasteiger partial charge in [0.2, 0.25) is 0 Å². The van der Waals surface area contributed by atoms with Crippen molar-refractivity contribution in [2.45, 2.75) is 44.6 Å². The molecule has 3 heteroatoms. The molecule has 2 N–H and O–H groups in total. The van der Waals surface area contributed by atoms with Crippen LogP contribution in [0.4, 0.5) is 5.69 Å². The first-order chi connectivity index (χ1) is 12.7. The van der Waals surface area contributed by atoms with Crippen LogP contribution in [0, 0.1) is 17.8 Å². The average molecular weight is 347 g/mol. The van der Waals surface area contributed by atoms with E-state index in [9.17, 15) is 9.90 Å². The molecule has 2 aromatic carbocycles. The highest BCUT2D eigenvalue weighted by Gasteiger charge is 2.54. The summed E-state index contributed by atoms with van der Waals surface area (Å²) in [5, 5.41) is 13.4. The third-order valence-corrected chi connectivity index (χ3v) is 7.10. The minimum atomic E-state index is -0.837. The van der Waals surface area contributed by atoms with Crippen LogP contribution in [0.2, 0.25) is 0 Å². The van der Waals surface area contributed by atoms with E-state index in [1.54, 1.807) is 6.07 Å². The van der Waals surface area contributed by atoms with Crippen molar-refractivity contribution in [2.75, 3.05) is 5.32 Å². The summed E-state index contributed by atoms with van der Waals surface area (Å²) in [6.45, 7) is 2.18. The van der Waals surface area contributed by atoms with Gasteiger partial charge in [0, 0.05) is 0 Å². The number of carboxylic acids is 1. The molecule has 0 amide bonds. The van der Waals surface area contributed by atoms with Gasteiger partial charge in [-0.05, 0) is 72.1 Å². The first-order valence-corrected chi connectivity index (χ1v) is 9.89. The number of carbonyl (C=O) groups is 1. The van der Waals surface area contributed by atoms with Gasteiger partial charge in [-0.2, -0.15) is 0 Å². The Morgan fingerprint density at radius 2 is 1.88 bits per heavy atom. The van der Waals surface area contributed by atoms with Crippen LogP contribution in [0.1, 0.15) is 65.2 Å². The number of hydrogen-bond donors (Lipinski definition) is 2. The molecular formula is C23H25NO2. The van der Waals surface area contributed by atoms with Crippen LogP contribution < -0.4 is 5.32 Å². The van der Waals surface area contributed by atoms with E-state index in [2.05, 4.69) is 42.6 Å². The molecule has 26 heavy (non-hydrogen) atoms. The van der Waals surface area contributed by atoms with Crippen LogP contribution in [0.15, 0.2) is 42.5 Å². The third kappa shape index (κ3) is 2.22. The number of carboxylic acid groups (broad SMARTS) is 1. The zero-order chi connectivity index (χ0) is 17.8. The fourth-order valence-corrected chi connectivity index (χ4v) is 5.98. The molecule has 2 aliphatic carbocycles. The maximum atomic E-state index is 11.8. The predicted molar refractivity (Wildman–Crippen MR) is 103 cm³/mol. The summed E-state index contributed by atoms with van der Waals surface area (Å²) in [5.74, 6) is 1.72. The Morgan fingerprint density at radius 1 is 1.12 bits per heavy atom. The molecule has 3 nitrogen and oxygen atoms in total. The first kappa shape index (κ1) is 15.9. The van der Waals surface area contributed by atoms with Gasteiger partial charge in [0.05, 0.1) is 17.3 Å². The van der Waals surface area contributed by atoms with Gasteiger partial charge < -0.3 is 10.4 Å². The quantitative estimate of drug-likeness (QED) is 0.798. The van der Waals surface area contributed by atoms with Gasteiger partial charge in [0.25, 0.3) is 0 Å². The fourth-order valence-electron chi connectivity index (χ4n) is 5.98.